The van der Waals surface area contributed by atoms with Crippen LogP contribution >= 0.6 is 15.9 Å². The second-order valence-electron chi connectivity index (χ2n) is 2.87. The summed E-state index contributed by atoms with van der Waals surface area (Å²) in [5.41, 5.74) is 2.13. The van der Waals surface area contributed by atoms with E-state index in [1.54, 1.807) is 14.2 Å². The van der Waals surface area contributed by atoms with Gasteiger partial charge in [0.05, 0.1) is 14.2 Å². The van der Waals surface area contributed by atoms with Crippen LogP contribution in [0.1, 0.15) is 11.1 Å². The molecule has 0 unspecified atom stereocenters. The average Bonchev–Trinajstić information content (AvgIpc) is 2.10. The highest BCUT2D eigenvalue weighted by molar-refractivity contribution is 9.10. The third-order valence-corrected chi connectivity index (χ3v) is 2.84. The summed E-state index contributed by atoms with van der Waals surface area (Å²) in [6.07, 6.45) is 0. The van der Waals surface area contributed by atoms with Crippen molar-refractivity contribution in [2.24, 2.45) is 0 Å². The van der Waals surface area contributed by atoms with E-state index in [4.69, 9.17) is 9.47 Å². The molecule has 0 saturated heterocycles. The van der Waals surface area contributed by atoms with Gasteiger partial charge in [-0.05, 0) is 25.5 Å². The van der Waals surface area contributed by atoms with Crippen LogP contribution in [-0.2, 0) is 0 Å². The zero-order chi connectivity index (χ0) is 10.0. The van der Waals surface area contributed by atoms with Crippen LogP contribution < -0.4 is 9.47 Å². The second kappa shape index (κ2) is 4.01. The first-order chi connectivity index (χ1) is 6.11. The highest BCUT2D eigenvalue weighted by atomic mass is 79.9. The van der Waals surface area contributed by atoms with Crippen molar-refractivity contribution in [3.63, 3.8) is 0 Å². The molecule has 0 heterocycles. The van der Waals surface area contributed by atoms with Crippen molar-refractivity contribution in [2.45, 2.75) is 13.8 Å². The van der Waals surface area contributed by atoms with Crippen molar-refractivity contribution in [1.82, 2.24) is 0 Å². The lowest BCUT2D eigenvalue weighted by molar-refractivity contribution is 0.350. The molecule has 1 aromatic rings. The van der Waals surface area contributed by atoms with Crippen LogP contribution in [0.3, 0.4) is 0 Å². The third-order valence-electron chi connectivity index (χ3n) is 2.01. The molecule has 3 heteroatoms. The number of hydrogen-bond donors (Lipinski definition) is 0. The predicted molar refractivity (Wildman–Crippen MR) is 56.7 cm³/mol. The summed E-state index contributed by atoms with van der Waals surface area (Å²) in [5.74, 6) is 1.61. The summed E-state index contributed by atoms with van der Waals surface area (Å²) < 4.78 is 11.6. The van der Waals surface area contributed by atoms with E-state index >= 15 is 0 Å². The molecule has 0 aliphatic heterocycles. The van der Waals surface area contributed by atoms with Gasteiger partial charge in [-0.2, -0.15) is 0 Å². The molecule has 0 bridgehead atoms. The Hall–Kier alpha value is -0.700. The van der Waals surface area contributed by atoms with Gasteiger partial charge in [0.25, 0.3) is 0 Å². The topological polar surface area (TPSA) is 18.5 Å². The molecule has 0 N–H and O–H groups in total. The molecule has 0 aromatic heterocycles. The highest BCUT2D eigenvalue weighted by Crippen LogP contribution is 2.38. The highest BCUT2D eigenvalue weighted by Gasteiger charge is 2.12. The second-order valence-corrected chi connectivity index (χ2v) is 3.72. The molecule has 1 aromatic carbocycles. The molecule has 0 spiro atoms. The fraction of sp³-hybridized carbons (Fsp3) is 0.400. The molecule has 1 rings (SSSR count). The van der Waals surface area contributed by atoms with Crippen LogP contribution in [0.4, 0.5) is 0 Å². The van der Waals surface area contributed by atoms with Crippen molar-refractivity contribution in [3.8, 4) is 11.5 Å². The standard InChI is InChI=1S/C10H13BrO2/c1-6-5-8(11)7(2)10(13-4)9(6)12-3/h5H,1-4H3. The minimum Gasteiger partial charge on any atom is -0.493 e. The molecule has 0 aliphatic carbocycles. The molecular formula is C10H13BrO2. The van der Waals surface area contributed by atoms with Gasteiger partial charge in [0.2, 0.25) is 0 Å². The van der Waals surface area contributed by atoms with Gasteiger partial charge in [-0.15, -0.1) is 0 Å². The first-order valence-electron chi connectivity index (χ1n) is 3.99. The Balaban J connectivity index is 3.41. The average molecular weight is 245 g/mol. The quantitative estimate of drug-likeness (QED) is 0.797. The van der Waals surface area contributed by atoms with Gasteiger partial charge >= 0.3 is 0 Å². The van der Waals surface area contributed by atoms with Crippen molar-refractivity contribution >= 4 is 15.9 Å². The number of benzene rings is 1. The molecule has 72 valence electrons. The van der Waals surface area contributed by atoms with E-state index in [-0.39, 0.29) is 0 Å². The summed E-state index contributed by atoms with van der Waals surface area (Å²) in [5, 5.41) is 0. The lowest BCUT2D eigenvalue weighted by Gasteiger charge is -2.14. The van der Waals surface area contributed by atoms with Gasteiger partial charge in [0.1, 0.15) is 0 Å². The number of aryl methyl sites for hydroxylation is 1. The van der Waals surface area contributed by atoms with E-state index in [9.17, 15) is 0 Å². The Bertz CT molecular complexity index is 321. The van der Waals surface area contributed by atoms with E-state index in [0.717, 1.165) is 27.1 Å². The van der Waals surface area contributed by atoms with E-state index in [0.29, 0.717) is 0 Å². The summed E-state index contributed by atoms with van der Waals surface area (Å²) in [7, 11) is 3.30. The Labute approximate surface area is 87.0 Å². The summed E-state index contributed by atoms with van der Waals surface area (Å²) in [6, 6.07) is 2.02. The van der Waals surface area contributed by atoms with E-state index in [1.165, 1.54) is 0 Å². The Morgan fingerprint density at radius 1 is 1.08 bits per heavy atom. The van der Waals surface area contributed by atoms with Gasteiger partial charge in [0.15, 0.2) is 11.5 Å². The maximum atomic E-state index is 5.27. The fourth-order valence-electron chi connectivity index (χ4n) is 1.32. The Morgan fingerprint density at radius 3 is 2.08 bits per heavy atom. The monoisotopic (exact) mass is 244 g/mol. The van der Waals surface area contributed by atoms with Gasteiger partial charge in [-0.1, -0.05) is 15.9 Å². The van der Waals surface area contributed by atoms with Gasteiger partial charge in [-0.25, -0.2) is 0 Å². The first kappa shape index (κ1) is 10.4. The smallest absolute Gasteiger partial charge is 0.165 e. The first-order valence-corrected chi connectivity index (χ1v) is 4.78. The van der Waals surface area contributed by atoms with Gasteiger partial charge in [-0.3, -0.25) is 0 Å². The molecule has 0 radical (unpaired) electrons. The number of halogens is 1. The third kappa shape index (κ3) is 1.80. The van der Waals surface area contributed by atoms with Gasteiger partial charge in [0, 0.05) is 10.0 Å². The summed E-state index contributed by atoms with van der Waals surface area (Å²) in [6.45, 7) is 3.98. The maximum absolute atomic E-state index is 5.27. The SMILES string of the molecule is COc1c(C)cc(Br)c(C)c1OC. The normalized spacial score (nSPS) is 9.92. The summed E-state index contributed by atoms with van der Waals surface area (Å²) >= 11 is 3.47. The Morgan fingerprint density at radius 2 is 1.62 bits per heavy atom. The largest absolute Gasteiger partial charge is 0.493 e. The van der Waals surface area contributed by atoms with Crippen molar-refractivity contribution in [1.29, 1.82) is 0 Å². The van der Waals surface area contributed by atoms with Crippen LogP contribution in [0.5, 0.6) is 11.5 Å². The minimum atomic E-state index is 0.800. The predicted octanol–water partition coefficient (Wildman–Crippen LogP) is 3.08. The fourth-order valence-corrected chi connectivity index (χ4v) is 1.84. The van der Waals surface area contributed by atoms with Crippen LogP contribution in [0.2, 0.25) is 0 Å². The summed E-state index contributed by atoms with van der Waals surface area (Å²) in [4.78, 5) is 0. The van der Waals surface area contributed by atoms with Crippen LogP contribution in [-0.4, -0.2) is 14.2 Å². The lowest BCUT2D eigenvalue weighted by atomic mass is 10.1. The Kier molecular flexibility index (Phi) is 3.20. The molecule has 0 aliphatic rings. The zero-order valence-electron chi connectivity index (χ0n) is 8.27. The molecule has 0 fully saturated rings. The molecular weight excluding hydrogens is 232 g/mol. The van der Waals surface area contributed by atoms with Crippen molar-refractivity contribution in [3.05, 3.63) is 21.7 Å². The molecule has 2 nitrogen and oxygen atoms in total. The maximum Gasteiger partial charge on any atom is 0.165 e. The minimum absolute atomic E-state index is 0.800. The van der Waals surface area contributed by atoms with E-state index in [1.807, 2.05) is 19.9 Å². The van der Waals surface area contributed by atoms with Crippen molar-refractivity contribution in [2.75, 3.05) is 14.2 Å². The van der Waals surface area contributed by atoms with Crippen LogP contribution in [0.25, 0.3) is 0 Å². The number of methoxy groups -OCH3 is 2. The van der Waals surface area contributed by atoms with Crippen LogP contribution in [0.15, 0.2) is 10.5 Å². The van der Waals surface area contributed by atoms with Crippen molar-refractivity contribution < 1.29 is 9.47 Å². The van der Waals surface area contributed by atoms with Gasteiger partial charge < -0.3 is 9.47 Å². The molecule has 0 saturated carbocycles. The van der Waals surface area contributed by atoms with E-state index in [2.05, 4.69) is 15.9 Å². The molecule has 13 heavy (non-hydrogen) atoms. The number of ether oxygens (including phenoxy) is 2. The number of rotatable bonds is 2. The van der Waals surface area contributed by atoms with E-state index < -0.39 is 0 Å². The molecule has 0 amide bonds. The van der Waals surface area contributed by atoms with Crippen LogP contribution in [0, 0.1) is 13.8 Å². The number of hydrogen-bond acceptors (Lipinski definition) is 2. The zero-order valence-corrected chi connectivity index (χ0v) is 9.86. The molecule has 0 atom stereocenters. The lowest BCUT2D eigenvalue weighted by Crippen LogP contribution is -1.96.